The Bertz CT molecular complexity index is 537. The molecule has 2 aromatic rings. The highest BCUT2D eigenvalue weighted by Crippen LogP contribution is 2.22. The van der Waals surface area contributed by atoms with Crippen molar-refractivity contribution in [3.8, 4) is 5.75 Å². The lowest BCUT2D eigenvalue weighted by atomic mass is 10.1. The smallest absolute Gasteiger partial charge is 0.119 e. The minimum atomic E-state index is -0.562. The van der Waals surface area contributed by atoms with E-state index >= 15 is 0 Å². The maximum atomic E-state index is 10.4. The molecule has 0 aliphatic carbocycles. The number of aliphatic hydroxyl groups excluding tert-OH is 1. The molecule has 0 saturated carbocycles. The first-order valence-corrected chi connectivity index (χ1v) is 7.15. The van der Waals surface area contributed by atoms with Gasteiger partial charge in [0.25, 0.3) is 0 Å². The van der Waals surface area contributed by atoms with Crippen LogP contribution < -0.4 is 4.74 Å². The number of aryl methyl sites for hydroxylation is 1. The summed E-state index contributed by atoms with van der Waals surface area (Å²) in [5.74, 6) is 1.71. The molecular formula is C16H22N2O2. The summed E-state index contributed by atoms with van der Waals surface area (Å²) < 4.78 is 7.56. The minimum absolute atomic E-state index is 0.516. The highest BCUT2D eigenvalue weighted by Gasteiger charge is 2.13. The Morgan fingerprint density at radius 2 is 2.20 bits per heavy atom. The van der Waals surface area contributed by atoms with Crippen LogP contribution in [0, 0.1) is 0 Å². The van der Waals surface area contributed by atoms with Gasteiger partial charge in [0, 0.05) is 25.4 Å². The monoisotopic (exact) mass is 274 g/mol. The summed E-state index contributed by atoms with van der Waals surface area (Å²) in [6.45, 7) is 5.64. The SMILES string of the molecule is CCCn1ccnc1CC(O)c1cccc(OCC)c1. The van der Waals surface area contributed by atoms with E-state index in [4.69, 9.17) is 4.74 Å². The van der Waals surface area contributed by atoms with Gasteiger partial charge in [-0.15, -0.1) is 0 Å². The van der Waals surface area contributed by atoms with Crippen molar-refractivity contribution >= 4 is 0 Å². The predicted octanol–water partition coefficient (Wildman–Crippen LogP) is 2.97. The lowest BCUT2D eigenvalue weighted by molar-refractivity contribution is 0.174. The number of aliphatic hydroxyl groups is 1. The molecule has 0 spiro atoms. The number of benzene rings is 1. The van der Waals surface area contributed by atoms with Gasteiger partial charge in [0.2, 0.25) is 0 Å². The molecule has 0 aliphatic heterocycles. The fourth-order valence-electron chi connectivity index (χ4n) is 2.24. The number of hydrogen-bond donors (Lipinski definition) is 1. The number of imidazole rings is 1. The summed E-state index contributed by atoms with van der Waals surface area (Å²) in [4.78, 5) is 4.33. The van der Waals surface area contributed by atoms with E-state index in [-0.39, 0.29) is 0 Å². The van der Waals surface area contributed by atoms with Gasteiger partial charge in [-0.05, 0) is 31.0 Å². The van der Waals surface area contributed by atoms with Crippen LogP contribution in [0.2, 0.25) is 0 Å². The van der Waals surface area contributed by atoms with Gasteiger partial charge in [0.1, 0.15) is 11.6 Å². The van der Waals surface area contributed by atoms with Crippen molar-refractivity contribution < 1.29 is 9.84 Å². The van der Waals surface area contributed by atoms with Gasteiger partial charge in [-0.3, -0.25) is 0 Å². The molecule has 0 fully saturated rings. The average molecular weight is 274 g/mol. The maximum Gasteiger partial charge on any atom is 0.119 e. The quantitative estimate of drug-likeness (QED) is 0.844. The van der Waals surface area contributed by atoms with E-state index in [1.165, 1.54) is 0 Å². The van der Waals surface area contributed by atoms with Crippen LogP contribution in [0.15, 0.2) is 36.7 Å². The van der Waals surface area contributed by atoms with Gasteiger partial charge < -0.3 is 14.4 Å². The maximum absolute atomic E-state index is 10.4. The van der Waals surface area contributed by atoms with Crippen molar-refractivity contribution in [2.45, 2.75) is 39.3 Å². The topological polar surface area (TPSA) is 47.3 Å². The zero-order valence-electron chi connectivity index (χ0n) is 12.1. The van der Waals surface area contributed by atoms with E-state index < -0.39 is 6.10 Å². The molecular weight excluding hydrogens is 252 g/mol. The number of aromatic nitrogens is 2. The van der Waals surface area contributed by atoms with Crippen LogP contribution in [0.4, 0.5) is 0 Å². The summed E-state index contributed by atoms with van der Waals surface area (Å²) in [7, 11) is 0. The number of nitrogens with zero attached hydrogens (tertiary/aromatic N) is 2. The minimum Gasteiger partial charge on any atom is -0.494 e. The van der Waals surface area contributed by atoms with Crippen LogP contribution in [-0.2, 0) is 13.0 Å². The molecule has 1 unspecified atom stereocenters. The van der Waals surface area contributed by atoms with Crippen LogP contribution in [0.25, 0.3) is 0 Å². The average Bonchev–Trinajstić information content (AvgIpc) is 2.87. The zero-order chi connectivity index (χ0) is 14.4. The van der Waals surface area contributed by atoms with Gasteiger partial charge in [-0.25, -0.2) is 4.98 Å². The summed E-state index contributed by atoms with van der Waals surface area (Å²) in [6, 6.07) is 7.61. The van der Waals surface area contributed by atoms with Crippen molar-refractivity contribution in [1.29, 1.82) is 0 Å². The molecule has 1 heterocycles. The zero-order valence-corrected chi connectivity index (χ0v) is 12.1. The highest BCUT2D eigenvalue weighted by molar-refractivity contribution is 5.30. The molecule has 4 heteroatoms. The molecule has 1 aromatic carbocycles. The first kappa shape index (κ1) is 14.6. The molecule has 0 bridgehead atoms. The van der Waals surface area contributed by atoms with E-state index in [9.17, 15) is 5.11 Å². The molecule has 1 atom stereocenters. The summed E-state index contributed by atoms with van der Waals surface area (Å²) >= 11 is 0. The van der Waals surface area contributed by atoms with E-state index in [0.29, 0.717) is 13.0 Å². The Morgan fingerprint density at radius 3 is 2.95 bits per heavy atom. The number of ether oxygens (including phenoxy) is 1. The second kappa shape index (κ2) is 7.10. The molecule has 108 valence electrons. The lowest BCUT2D eigenvalue weighted by Crippen LogP contribution is -2.09. The fourth-order valence-corrected chi connectivity index (χ4v) is 2.24. The Labute approximate surface area is 120 Å². The second-order valence-corrected chi connectivity index (χ2v) is 4.76. The molecule has 0 amide bonds. The Morgan fingerprint density at radius 1 is 1.35 bits per heavy atom. The Kier molecular flexibility index (Phi) is 5.18. The van der Waals surface area contributed by atoms with Gasteiger partial charge in [0.15, 0.2) is 0 Å². The number of hydrogen-bond acceptors (Lipinski definition) is 3. The van der Waals surface area contributed by atoms with Gasteiger partial charge in [0.05, 0.1) is 12.7 Å². The van der Waals surface area contributed by atoms with Crippen molar-refractivity contribution in [3.05, 3.63) is 48.0 Å². The fraction of sp³-hybridized carbons (Fsp3) is 0.438. The highest BCUT2D eigenvalue weighted by atomic mass is 16.5. The van der Waals surface area contributed by atoms with Crippen molar-refractivity contribution in [2.75, 3.05) is 6.61 Å². The van der Waals surface area contributed by atoms with Crippen LogP contribution >= 0.6 is 0 Å². The lowest BCUT2D eigenvalue weighted by Gasteiger charge is -2.13. The molecule has 2 rings (SSSR count). The second-order valence-electron chi connectivity index (χ2n) is 4.76. The van der Waals surface area contributed by atoms with Gasteiger partial charge in [-0.1, -0.05) is 19.1 Å². The third kappa shape index (κ3) is 3.61. The molecule has 4 nitrogen and oxygen atoms in total. The first-order chi connectivity index (χ1) is 9.74. The normalized spacial score (nSPS) is 12.3. The molecule has 0 saturated heterocycles. The third-order valence-corrected chi connectivity index (χ3v) is 3.20. The van der Waals surface area contributed by atoms with Gasteiger partial charge >= 0.3 is 0 Å². The summed E-state index contributed by atoms with van der Waals surface area (Å²) in [6.07, 6.45) is 4.76. The van der Waals surface area contributed by atoms with Crippen LogP contribution in [0.5, 0.6) is 5.75 Å². The predicted molar refractivity (Wildman–Crippen MR) is 78.8 cm³/mol. The largest absolute Gasteiger partial charge is 0.494 e. The first-order valence-electron chi connectivity index (χ1n) is 7.15. The number of rotatable bonds is 7. The van der Waals surface area contributed by atoms with Crippen molar-refractivity contribution in [1.82, 2.24) is 9.55 Å². The molecule has 0 aliphatic rings. The molecule has 1 aromatic heterocycles. The van der Waals surface area contributed by atoms with E-state index in [1.54, 1.807) is 6.20 Å². The van der Waals surface area contributed by atoms with Crippen molar-refractivity contribution in [2.24, 2.45) is 0 Å². The molecule has 1 N–H and O–H groups in total. The molecule has 0 radical (unpaired) electrons. The molecule has 20 heavy (non-hydrogen) atoms. The van der Waals surface area contributed by atoms with E-state index in [0.717, 1.165) is 30.1 Å². The van der Waals surface area contributed by atoms with E-state index in [2.05, 4.69) is 16.5 Å². The Balaban J connectivity index is 2.09. The van der Waals surface area contributed by atoms with Crippen LogP contribution in [-0.4, -0.2) is 21.3 Å². The third-order valence-electron chi connectivity index (χ3n) is 3.20. The summed E-state index contributed by atoms with van der Waals surface area (Å²) in [5.41, 5.74) is 0.863. The van der Waals surface area contributed by atoms with E-state index in [1.807, 2.05) is 37.4 Å². The standard InChI is InChI=1S/C16H22N2O2/c1-3-9-18-10-8-17-16(18)12-15(19)13-6-5-7-14(11-13)20-4-2/h5-8,10-11,15,19H,3-4,9,12H2,1-2H3. The van der Waals surface area contributed by atoms with Crippen molar-refractivity contribution in [3.63, 3.8) is 0 Å². The van der Waals surface area contributed by atoms with Crippen LogP contribution in [0.1, 0.15) is 37.8 Å². The summed E-state index contributed by atoms with van der Waals surface area (Å²) in [5, 5.41) is 10.4. The van der Waals surface area contributed by atoms with Crippen LogP contribution in [0.3, 0.4) is 0 Å². The Hall–Kier alpha value is -1.81. The van der Waals surface area contributed by atoms with Gasteiger partial charge in [-0.2, -0.15) is 0 Å².